The van der Waals surface area contributed by atoms with E-state index in [2.05, 4.69) is 49.7 Å². The van der Waals surface area contributed by atoms with Crippen molar-refractivity contribution in [3.63, 3.8) is 0 Å². The largest absolute Gasteiger partial charge is 0.394 e. The normalized spacial score (nSPS) is 22.4. The van der Waals surface area contributed by atoms with Gasteiger partial charge >= 0.3 is 0 Å². The number of nitrogens with zero attached hydrogens (tertiary/aromatic N) is 3. The van der Waals surface area contributed by atoms with Gasteiger partial charge in [-0.05, 0) is 12.3 Å². The van der Waals surface area contributed by atoms with Crippen LogP contribution in [0.15, 0.2) is 12.7 Å². The Labute approximate surface area is 265 Å². The van der Waals surface area contributed by atoms with Crippen molar-refractivity contribution in [3.05, 3.63) is 12.7 Å². The fraction of sp³-hybridized carbons (Fsp3) is 0.774. The van der Waals surface area contributed by atoms with Crippen molar-refractivity contribution >= 4 is 28.8 Å². The number of carbonyl (C=O) groups excluding carboxylic acids is 2. The molecule has 45 heavy (non-hydrogen) atoms. The molecular weight excluding hydrogens is 582 g/mol. The fourth-order valence-electron chi connectivity index (χ4n) is 5.58. The summed E-state index contributed by atoms with van der Waals surface area (Å²) in [5.41, 5.74) is 0.795. The number of aromatic amines is 1. The van der Waals surface area contributed by atoms with Crippen molar-refractivity contribution in [3.8, 4) is 0 Å². The van der Waals surface area contributed by atoms with Crippen LogP contribution in [0.3, 0.4) is 0 Å². The molecule has 2 amide bonds. The summed E-state index contributed by atoms with van der Waals surface area (Å²) in [6.07, 6.45) is 10.2. The summed E-state index contributed by atoms with van der Waals surface area (Å²) in [5, 5.41) is 49.6. The minimum absolute atomic E-state index is 0.231. The van der Waals surface area contributed by atoms with Crippen molar-refractivity contribution < 1.29 is 34.8 Å². The maximum Gasteiger partial charge on any atom is 0.239 e. The molecule has 1 aliphatic rings. The van der Waals surface area contributed by atoms with E-state index in [1.165, 1.54) is 70.4 Å². The van der Waals surface area contributed by atoms with Crippen LogP contribution in [-0.4, -0.2) is 102 Å². The maximum absolute atomic E-state index is 12.7. The van der Waals surface area contributed by atoms with E-state index in [9.17, 15) is 30.0 Å². The first-order chi connectivity index (χ1) is 21.7. The molecule has 2 aromatic heterocycles. The second-order valence-electron chi connectivity index (χ2n) is 12.4. The number of carbonyl (C=O) groups is 2. The first-order valence-electron chi connectivity index (χ1n) is 16.5. The highest BCUT2D eigenvalue weighted by atomic mass is 16.5. The van der Waals surface area contributed by atoms with E-state index in [-0.39, 0.29) is 18.3 Å². The van der Waals surface area contributed by atoms with Crippen molar-refractivity contribution in [1.82, 2.24) is 30.6 Å². The first kappa shape index (κ1) is 36.6. The molecule has 0 spiro atoms. The van der Waals surface area contributed by atoms with Crippen molar-refractivity contribution in [2.75, 3.05) is 18.5 Å². The number of unbranched alkanes of at least 4 members (excludes halogenated alkanes) is 10. The van der Waals surface area contributed by atoms with Gasteiger partial charge in [0.05, 0.1) is 25.5 Å². The van der Waals surface area contributed by atoms with Crippen LogP contribution in [0.5, 0.6) is 0 Å². The topological polar surface area (TPSA) is 215 Å². The summed E-state index contributed by atoms with van der Waals surface area (Å²) in [7, 11) is 0. The Morgan fingerprint density at radius 1 is 0.911 bits per heavy atom. The van der Waals surface area contributed by atoms with E-state index in [1.807, 2.05) is 0 Å². The van der Waals surface area contributed by atoms with E-state index in [0.717, 1.165) is 25.2 Å². The molecule has 1 saturated heterocycles. The number of fused-ring (bicyclic) bond motifs is 1. The van der Waals surface area contributed by atoms with Gasteiger partial charge < -0.3 is 46.1 Å². The van der Waals surface area contributed by atoms with Gasteiger partial charge in [-0.15, -0.1) is 0 Å². The summed E-state index contributed by atoms with van der Waals surface area (Å²) in [4.78, 5) is 40.0. The highest BCUT2D eigenvalue weighted by Crippen LogP contribution is 2.26. The van der Waals surface area contributed by atoms with Crippen LogP contribution < -0.4 is 16.0 Å². The lowest BCUT2D eigenvalue weighted by Crippen LogP contribution is -2.68. The number of ether oxygens (including phenoxy) is 1. The SMILES string of the molecule is CC(C)CCCCCCCCCCCCCC(=O)NCC(=O)NC1C(O)C(O)C(Nc2ncnc3nc[nH]c23)OC1C(O)CO. The molecule has 0 aliphatic carbocycles. The second kappa shape index (κ2) is 19.6. The summed E-state index contributed by atoms with van der Waals surface area (Å²) >= 11 is 0. The third-order valence-corrected chi connectivity index (χ3v) is 8.21. The van der Waals surface area contributed by atoms with Crippen LogP contribution in [0.1, 0.15) is 97.3 Å². The number of hydrogen-bond acceptors (Lipinski definition) is 11. The molecule has 2 aromatic rings. The summed E-state index contributed by atoms with van der Waals surface area (Å²) in [6, 6.07) is -1.27. The number of hydrogen-bond donors (Lipinski definition) is 8. The number of imidazole rings is 1. The zero-order valence-corrected chi connectivity index (χ0v) is 26.7. The minimum Gasteiger partial charge on any atom is -0.394 e. The van der Waals surface area contributed by atoms with Gasteiger partial charge in [0.25, 0.3) is 0 Å². The number of aromatic nitrogens is 4. The number of rotatable bonds is 21. The number of anilines is 1. The van der Waals surface area contributed by atoms with E-state index in [0.29, 0.717) is 17.6 Å². The first-order valence-corrected chi connectivity index (χ1v) is 16.5. The molecule has 8 N–H and O–H groups in total. The van der Waals surface area contributed by atoms with Gasteiger partial charge in [0.15, 0.2) is 17.7 Å². The van der Waals surface area contributed by atoms with Crippen molar-refractivity contribution in [2.24, 2.45) is 5.92 Å². The Kier molecular flexibility index (Phi) is 15.9. The van der Waals surface area contributed by atoms with Crippen LogP contribution in [0.2, 0.25) is 0 Å². The number of aliphatic hydroxyl groups is 4. The van der Waals surface area contributed by atoms with Gasteiger partial charge in [-0.3, -0.25) is 9.59 Å². The average Bonchev–Trinajstić information content (AvgIpc) is 3.51. The zero-order chi connectivity index (χ0) is 32.6. The molecule has 1 fully saturated rings. The Hall–Kier alpha value is -2.91. The van der Waals surface area contributed by atoms with E-state index in [1.54, 1.807) is 0 Å². The zero-order valence-electron chi connectivity index (χ0n) is 26.7. The molecule has 6 atom stereocenters. The van der Waals surface area contributed by atoms with Crippen LogP contribution >= 0.6 is 0 Å². The molecule has 3 rings (SSSR count). The Balaban J connectivity index is 1.33. The Morgan fingerprint density at radius 3 is 2.20 bits per heavy atom. The fourth-order valence-corrected chi connectivity index (χ4v) is 5.58. The van der Waals surface area contributed by atoms with Crippen molar-refractivity contribution in [1.29, 1.82) is 0 Å². The lowest BCUT2D eigenvalue weighted by atomic mass is 9.92. The minimum atomic E-state index is -1.59. The highest BCUT2D eigenvalue weighted by molar-refractivity contribution is 5.85. The van der Waals surface area contributed by atoms with Crippen LogP contribution in [0, 0.1) is 5.92 Å². The Bertz CT molecular complexity index is 1150. The van der Waals surface area contributed by atoms with Crippen molar-refractivity contribution in [2.45, 2.75) is 134 Å². The number of aliphatic hydroxyl groups excluding tert-OH is 4. The standard InChI is InChI=1S/C31H53N7O7/c1-20(2)14-12-10-8-6-4-3-5-7-9-11-13-15-22(41)32-16-23(42)37-24-26(43)27(44)31(45-28(24)21(40)17-39)38-30-25-29(34-18-33-25)35-19-36-30/h18-21,24,26-28,31,39-40,43-44H,3-17H2,1-2H3,(H,32,41)(H,37,42)(H2,33,34,35,36,38). The maximum atomic E-state index is 12.7. The van der Waals surface area contributed by atoms with Gasteiger partial charge in [-0.25, -0.2) is 15.0 Å². The lowest BCUT2D eigenvalue weighted by molar-refractivity contribution is -0.204. The van der Waals surface area contributed by atoms with Gasteiger partial charge in [0.2, 0.25) is 11.8 Å². The third kappa shape index (κ3) is 12.1. The van der Waals surface area contributed by atoms with Gasteiger partial charge in [-0.1, -0.05) is 84.5 Å². The third-order valence-electron chi connectivity index (χ3n) is 8.21. The predicted molar refractivity (Wildman–Crippen MR) is 169 cm³/mol. The summed E-state index contributed by atoms with van der Waals surface area (Å²) in [5.74, 6) is 0.138. The molecule has 1 aliphatic heterocycles. The van der Waals surface area contributed by atoms with Crippen LogP contribution in [-0.2, 0) is 14.3 Å². The number of H-pyrrole nitrogens is 1. The molecule has 254 valence electrons. The van der Waals surface area contributed by atoms with Gasteiger partial charge in [0, 0.05) is 6.42 Å². The number of amides is 2. The summed E-state index contributed by atoms with van der Waals surface area (Å²) in [6.45, 7) is 3.48. The Morgan fingerprint density at radius 2 is 1.56 bits per heavy atom. The van der Waals surface area contributed by atoms with E-state index in [4.69, 9.17) is 4.74 Å². The monoisotopic (exact) mass is 635 g/mol. The molecule has 0 aromatic carbocycles. The molecule has 0 radical (unpaired) electrons. The second-order valence-corrected chi connectivity index (χ2v) is 12.4. The van der Waals surface area contributed by atoms with Crippen LogP contribution in [0.4, 0.5) is 5.82 Å². The molecule has 0 saturated carbocycles. The molecule has 0 bridgehead atoms. The molecule has 3 heterocycles. The molecule has 6 unspecified atom stereocenters. The van der Waals surface area contributed by atoms with Gasteiger partial charge in [-0.2, -0.15) is 0 Å². The number of nitrogens with one attached hydrogen (secondary N) is 4. The highest BCUT2D eigenvalue weighted by Gasteiger charge is 2.48. The smallest absolute Gasteiger partial charge is 0.239 e. The van der Waals surface area contributed by atoms with Crippen LogP contribution in [0.25, 0.3) is 11.2 Å². The van der Waals surface area contributed by atoms with Gasteiger partial charge in [0.1, 0.15) is 36.3 Å². The van der Waals surface area contributed by atoms with E-state index >= 15 is 0 Å². The average molecular weight is 636 g/mol. The molecular formula is C31H53N7O7. The van der Waals surface area contributed by atoms with E-state index < -0.39 is 49.2 Å². The quantitative estimate of drug-likeness (QED) is 0.0927. The summed E-state index contributed by atoms with van der Waals surface area (Å²) < 4.78 is 5.80. The molecule has 14 heteroatoms. The molecule has 14 nitrogen and oxygen atoms in total. The lowest BCUT2D eigenvalue weighted by Gasteiger charge is -2.44. The predicted octanol–water partition coefficient (Wildman–Crippen LogP) is 1.89.